The molecule has 2 saturated heterocycles. The zero-order valence-corrected chi connectivity index (χ0v) is 35.8. The third-order valence-electron chi connectivity index (χ3n) is 9.53. The molecule has 4 amide bonds. The van der Waals surface area contributed by atoms with Gasteiger partial charge in [0.2, 0.25) is 17.7 Å². The number of methoxy groups -OCH3 is 1. The lowest BCUT2D eigenvalue weighted by atomic mass is 10.1. The molecular formula is C44H54N8O5S2. The van der Waals surface area contributed by atoms with Crippen LogP contribution in [-0.4, -0.2) is 93.4 Å². The highest BCUT2D eigenvalue weighted by Crippen LogP contribution is 2.43. The molecule has 6 aromatic rings. The number of nitrogens with zero attached hydrogens (tertiary/aromatic N) is 4. The number of thiophene rings is 2. The molecule has 4 aromatic heterocycles. The summed E-state index contributed by atoms with van der Waals surface area (Å²) in [5.74, 6) is -0.130. The van der Waals surface area contributed by atoms with Gasteiger partial charge in [-0.05, 0) is 42.4 Å². The third kappa shape index (κ3) is 12.4. The SMILES string of the molecule is CCC.CCC(=O)NC(C(=O)N1CCCC1)c1ccccc1.COC(=O)NCC(=O)N1CCCC1.c1ncc(-c2ccc(-c3csc4c(-c5cnc[nH]5)csc34)cc2)[nH]1. The second-order valence-electron chi connectivity index (χ2n) is 13.9. The van der Waals surface area contributed by atoms with E-state index < -0.39 is 12.1 Å². The minimum absolute atomic E-state index is 0.00509. The molecule has 15 heteroatoms. The second-order valence-corrected chi connectivity index (χ2v) is 15.7. The predicted molar refractivity (Wildman–Crippen MR) is 236 cm³/mol. The Bertz CT molecular complexity index is 2170. The van der Waals surface area contributed by atoms with E-state index in [0.717, 1.165) is 74.4 Å². The highest BCUT2D eigenvalue weighted by Gasteiger charge is 2.28. The molecular weight excluding hydrogens is 785 g/mol. The number of alkyl carbamates (subject to hydrolysis) is 1. The smallest absolute Gasteiger partial charge is 0.407 e. The molecule has 312 valence electrons. The third-order valence-corrected chi connectivity index (χ3v) is 11.7. The Morgan fingerprint density at radius 2 is 1.29 bits per heavy atom. The fourth-order valence-electron chi connectivity index (χ4n) is 6.47. The molecule has 4 N–H and O–H groups in total. The van der Waals surface area contributed by atoms with Gasteiger partial charge in [-0.3, -0.25) is 14.4 Å². The average molecular weight is 839 g/mol. The fourth-order valence-corrected chi connectivity index (χ4v) is 8.91. The number of benzene rings is 2. The van der Waals surface area contributed by atoms with E-state index in [0.29, 0.717) is 6.42 Å². The number of nitrogens with one attached hydrogen (secondary N) is 4. The van der Waals surface area contributed by atoms with E-state index >= 15 is 0 Å². The van der Waals surface area contributed by atoms with Gasteiger partial charge in [0.05, 0.1) is 52.9 Å². The van der Waals surface area contributed by atoms with Crippen LogP contribution in [0.15, 0.2) is 90.4 Å². The number of fused-ring (bicyclic) bond motifs is 1. The van der Waals surface area contributed by atoms with E-state index in [2.05, 4.69) is 84.2 Å². The zero-order valence-electron chi connectivity index (χ0n) is 34.2. The molecule has 13 nitrogen and oxygen atoms in total. The number of likely N-dealkylation sites (tertiary alicyclic amines) is 2. The van der Waals surface area contributed by atoms with E-state index in [4.69, 9.17) is 0 Å². The lowest BCUT2D eigenvalue weighted by Crippen LogP contribution is -2.41. The van der Waals surface area contributed by atoms with Gasteiger partial charge in [-0.25, -0.2) is 14.8 Å². The first kappa shape index (κ1) is 44.3. The molecule has 0 aliphatic carbocycles. The van der Waals surface area contributed by atoms with Crippen molar-refractivity contribution in [2.45, 2.75) is 65.3 Å². The first-order valence-corrected chi connectivity index (χ1v) is 21.8. The lowest BCUT2D eigenvalue weighted by molar-refractivity contribution is -0.135. The average Bonchev–Trinajstić information content (AvgIpc) is 4.13. The Balaban J connectivity index is 0.000000170. The summed E-state index contributed by atoms with van der Waals surface area (Å²) in [6, 6.07) is 17.5. The summed E-state index contributed by atoms with van der Waals surface area (Å²) in [6.07, 6.45) is 12.4. The molecule has 0 spiro atoms. The Kier molecular flexibility index (Phi) is 17.2. The van der Waals surface area contributed by atoms with Gasteiger partial charge in [0.25, 0.3) is 0 Å². The second kappa shape index (κ2) is 23.0. The number of H-pyrrole nitrogens is 2. The minimum Gasteiger partial charge on any atom is -0.453 e. The Hall–Kier alpha value is -5.80. The molecule has 2 aliphatic rings. The van der Waals surface area contributed by atoms with Crippen LogP contribution in [0.1, 0.15) is 70.9 Å². The summed E-state index contributed by atoms with van der Waals surface area (Å²) in [5, 5.41) is 9.63. The van der Waals surface area contributed by atoms with Crippen molar-refractivity contribution in [3.05, 3.63) is 96.0 Å². The Labute approximate surface area is 353 Å². The number of ether oxygens (including phenoxy) is 1. The van der Waals surface area contributed by atoms with Gasteiger partial charge in [0.15, 0.2) is 0 Å². The molecule has 59 heavy (non-hydrogen) atoms. The summed E-state index contributed by atoms with van der Waals surface area (Å²) in [7, 11) is 1.27. The summed E-state index contributed by atoms with van der Waals surface area (Å²) in [4.78, 5) is 64.2. The van der Waals surface area contributed by atoms with Crippen LogP contribution in [0.25, 0.3) is 43.0 Å². The topological polar surface area (TPSA) is 165 Å². The van der Waals surface area contributed by atoms with Crippen LogP contribution in [0, 0.1) is 0 Å². The molecule has 0 radical (unpaired) electrons. The molecule has 2 aliphatic heterocycles. The number of carbonyl (C=O) groups excluding carboxylic acids is 4. The Morgan fingerprint density at radius 1 is 0.746 bits per heavy atom. The van der Waals surface area contributed by atoms with Crippen molar-refractivity contribution in [1.82, 2.24) is 40.4 Å². The molecule has 2 aromatic carbocycles. The maximum atomic E-state index is 12.5. The van der Waals surface area contributed by atoms with Crippen LogP contribution in [0.4, 0.5) is 4.79 Å². The van der Waals surface area contributed by atoms with Gasteiger partial charge in [-0.15, -0.1) is 22.7 Å². The molecule has 0 saturated carbocycles. The van der Waals surface area contributed by atoms with Crippen LogP contribution in [-0.2, 0) is 19.1 Å². The van der Waals surface area contributed by atoms with Crippen LogP contribution >= 0.6 is 22.7 Å². The number of hydrogen-bond acceptors (Lipinski definition) is 9. The van der Waals surface area contributed by atoms with Crippen LogP contribution in [0.5, 0.6) is 0 Å². The standard InChI is InChI=1S/C18H12N4S2.C15H20N2O2.C8H14N2O3.C3H8/c1-3-12(15-5-19-9-21-15)4-2-11(1)13-7-23-18-14(8-24-17(13)18)16-6-20-10-22-16;1-2-13(18)16-14(12-8-4-3-5-9-12)15(19)17-10-6-7-11-17;1-13-8(12)9-6-7(11)10-4-2-3-5-10;1-3-2/h1-10H,(H,19,21)(H,20,22);3-5,8-9,14H,2,6-7,10-11H2,1H3,(H,16,18);2-6H2,1H3,(H,9,12);3H2,1-2H3. The van der Waals surface area contributed by atoms with E-state index in [-0.39, 0.29) is 24.3 Å². The number of imidazole rings is 2. The minimum atomic E-state index is -0.562. The highest BCUT2D eigenvalue weighted by molar-refractivity contribution is 7.27. The molecule has 6 heterocycles. The van der Waals surface area contributed by atoms with Crippen molar-refractivity contribution < 1.29 is 23.9 Å². The number of hydrogen-bond donors (Lipinski definition) is 4. The maximum absolute atomic E-state index is 12.5. The van der Waals surface area contributed by atoms with Crippen molar-refractivity contribution in [3.63, 3.8) is 0 Å². The van der Waals surface area contributed by atoms with Gasteiger partial charge >= 0.3 is 6.09 Å². The van der Waals surface area contributed by atoms with E-state index in [1.165, 1.54) is 39.6 Å². The largest absolute Gasteiger partial charge is 0.453 e. The van der Waals surface area contributed by atoms with Crippen molar-refractivity contribution in [3.8, 4) is 33.6 Å². The summed E-state index contributed by atoms with van der Waals surface area (Å²) in [6.45, 7) is 9.28. The predicted octanol–water partition coefficient (Wildman–Crippen LogP) is 8.67. The van der Waals surface area contributed by atoms with Gasteiger partial charge in [0.1, 0.15) is 12.6 Å². The van der Waals surface area contributed by atoms with Gasteiger partial charge < -0.3 is 35.1 Å². The van der Waals surface area contributed by atoms with Crippen molar-refractivity contribution in [2.75, 3.05) is 39.8 Å². The summed E-state index contributed by atoms with van der Waals surface area (Å²) >= 11 is 3.58. The van der Waals surface area contributed by atoms with Gasteiger partial charge in [-0.1, -0.05) is 81.8 Å². The fraction of sp³-hybridized carbons (Fsp3) is 0.364. The van der Waals surface area contributed by atoms with Crippen LogP contribution in [0.2, 0.25) is 0 Å². The van der Waals surface area contributed by atoms with Crippen molar-refractivity contribution in [1.29, 1.82) is 0 Å². The quantitative estimate of drug-likeness (QED) is 0.113. The highest BCUT2D eigenvalue weighted by atomic mass is 32.1. The number of aromatic amines is 2. The number of rotatable bonds is 9. The van der Waals surface area contributed by atoms with Crippen molar-refractivity contribution in [2.24, 2.45) is 0 Å². The molecule has 0 bridgehead atoms. The van der Waals surface area contributed by atoms with E-state index in [9.17, 15) is 19.2 Å². The molecule has 1 unspecified atom stereocenters. The van der Waals surface area contributed by atoms with Crippen LogP contribution < -0.4 is 10.6 Å². The Morgan fingerprint density at radius 3 is 1.85 bits per heavy atom. The van der Waals surface area contributed by atoms with E-state index in [1.807, 2.05) is 47.6 Å². The zero-order chi connectivity index (χ0) is 42.0. The normalized spacial score (nSPS) is 13.6. The maximum Gasteiger partial charge on any atom is 0.407 e. The monoisotopic (exact) mass is 838 g/mol. The summed E-state index contributed by atoms with van der Waals surface area (Å²) in [5.41, 5.74) is 7.87. The number of aromatic nitrogens is 4. The van der Waals surface area contributed by atoms with Crippen molar-refractivity contribution >= 4 is 55.9 Å². The van der Waals surface area contributed by atoms with Gasteiger partial charge in [-0.2, -0.15) is 0 Å². The lowest BCUT2D eigenvalue weighted by Gasteiger charge is -2.24. The first-order chi connectivity index (χ1) is 28.8. The number of amides is 4. The first-order valence-electron chi connectivity index (χ1n) is 20.1. The van der Waals surface area contributed by atoms with Gasteiger partial charge in [0, 0.05) is 54.5 Å². The number of carbonyl (C=O) groups is 4. The molecule has 8 rings (SSSR count). The van der Waals surface area contributed by atoms with Crippen LogP contribution in [0.3, 0.4) is 0 Å². The molecule has 2 fully saturated rings. The van der Waals surface area contributed by atoms with E-state index in [1.54, 1.807) is 47.2 Å². The summed E-state index contributed by atoms with van der Waals surface area (Å²) < 4.78 is 6.99. The molecule has 1 atom stereocenters.